The zero-order valence-electron chi connectivity index (χ0n) is 11.4. The summed E-state index contributed by atoms with van der Waals surface area (Å²) < 4.78 is 40.9. The smallest absolute Gasteiger partial charge is 0.267 e. The summed E-state index contributed by atoms with van der Waals surface area (Å²) in [6.45, 7) is 4.11. The van der Waals surface area contributed by atoms with E-state index >= 15 is 0 Å². The van der Waals surface area contributed by atoms with Gasteiger partial charge in [0.25, 0.3) is 10.1 Å². The van der Waals surface area contributed by atoms with Crippen LogP contribution in [0.3, 0.4) is 0 Å². The molecule has 8 nitrogen and oxygen atoms in total. The molecule has 0 saturated carbocycles. The average molecular weight is 314 g/mol. The number of aliphatic hydroxyl groups is 3. The molecule has 4 unspecified atom stereocenters. The fourth-order valence-corrected chi connectivity index (χ4v) is 2.47. The number of rotatable bonds is 6. The first-order valence-electron chi connectivity index (χ1n) is 6.42. The van der Waals surface area contributed by atoms with Crippen molar-refractivity contribution in [2.75, 3.05) is 12.4 Å². The summed E-state index contributed by atoms with van der Waals surface area (Å²) in [5, 5.41) is 29.1. The molecule has 0 aliphatic carbocycles. The van der Waals surface area contributed by atoms with Crippen molar-refractivity contribution in [2.45, 2.75) is 51.0 Å². The highest BCUT2D eigenvalue weighted by molar-refractivity contribution is 7.85. The molecule has 120 valence electrons. The summed E-state index contributed by atoms with van der Waals surface area (Å²) in [4.78, 5) is 0. The summed E-state index contributed by atoms with van der Waals surface area (Å²) in [5.41, 5.74) is 0. The second-order valence-electron chi connectivity index (χ2n) is 5.11. The number of aliphatic hydroxyl groups excluding tert-OH is 3. The lowest BCUT2D eigenvalue weighted by Crippen LogP contribution is -2.59. The number of hydrogen-bond acceptors (Lipinski definition) is 7. The van der Waals surface area contributed by atoms with E-state index in [9.17, 15) is 23.7 Å². The van der Waals surface area contributed by atoms with E-state index in [1.807, 2.05) is 13.8 Å². The quantitative estimate of drug-likeness (QED) is 0.447. The molecule has 0 spiro atoms. The molecule has 9 heteroatoms. The van der Waals surface area contributed by atoms with Crippen LogP contribution in [0, 0.1) is 5.92 Å². The van der Waals surface area contributed by atoms with E-state index in [0.29, 0.717) is 0 Å². The average Bonchev–Trinajstić information content (AvgIpc) is 2.36. The van der Waals surface area contributed by atoms with Crippen LogP contribution in [0.2, 0.25) is 0 Å². The lowest BCUT2D eigenvalue weighted by atomic mass is 10.00. The van der Waals surface area contributed by atoms with Crippen molar-refractivity contribution < 1.29 is 37.8 Å². The largest absolute Gasteiger partial charge is 0.388 e. The van der Waals surface area contributed by atoms with Gasteiger partial charge in [-0.1, -0.05) is 20.3 Å². The first-order chi connectivity index (χ1) is 9.15. The Morgan fingerprint density at radius 1 is 1.20 bits per heavy atom. The minimum absolute atomic E-state index is 0.190. The van der Waals surface area contributed by atoms with Gasteiger partial charge in [0.05, 0.1) is 6.61 Å². The van der Waals surface area contributed by atoms with Crippen LogP contribution in [0.15, 0.2) is 0 Å². The standard InChI is InChI=1S/C11H22O8S/c1-3-6(2)4-18-11-10(14)9(13)8(12)7(19-11)5-20(15,16)17/h6-14H,3-5H2,1-2H3,(H,15,16,17)/t6?,7?,8-,9-,10?,11?/m1/s1. The highest BCUT2D eigenvalue weighted by Crippen LogP contribution is 2.23. The Bertz CT molecular complexity index is 397. The van der Waals surface area contributed by atoms with Crippen molar-refractivity contribution >= 4 is 10.1 Å². The van der Waals surface area contributed by atoms with Gasteiger partial charge in [-0.25, -0.2) is 0 Å². The summed E-state index contributed by atoms with van der Waals surface area (Å²) in [7, 11) is -4.39. The van der Waals surface area contributed by atoms with Gasteiger partial charge in [-0.3, -0.25) is 4.55 Å². The predicted octanol–water partition coefficient (Wildman–Crippen LogP) is -1.26. The molecule has 0 radical (unpaired) electrons. The van der Waals surface area contributed by atoms with E-state index in [1.54, 1.807) is 0 Å². The van der Waals surface area contributed by atoms with Gasteiger partial charge in [0.1, 0.15) is 30.2 Å². The zero-order chi connectivity index (χ0) is 15.5. The van der Waals surface area contributed by atoms with E-state index in [4.69, 9.17) is 14.0 Å². The fourth-order valence-electron chi connectivity index (χ4n) is 1.78. The molecular formula is C11H22O8S. The van der Waals surface area contributed by atoms with Crippen LogP contribution in [0.5, 0.6) is 0 Å². The Hall–Kier alpha value is -0.290. The molecule has 1 fully saturated rings. The molecule has 1 aliphatic rings. The van der Waals surface area contributed by atoms with Gasteiger partial charge in [-0.05, 0) is 5.92 Å². The number of hydrogen-bond donors (Lipinski definition) is 4. The topological polar surface area (TPSA) is 134 Å². The lowest BCUT2D eigenvalue weighted by molar-refractivity contribution is -0.294. The van der Waals surface area contributed by atoms with Crippen LogP contribution < -0.4 is 0 Å². The lowest BCUT2D eigenvalue weighted by Gasteiger charge is -2.40. The van der Waals surface area contributed by atoms with Crippen LogP contribution >= 0.6 is 0 Å². The Labute approximate surface area is 118 Å². The van der Waals surface area contributed by atoms with Crippen molar-refractivity contribution in [3.05, 3.63) is 0 Å². The monoisotopic (exact) mass is 314 g/mol. The molecule has 0 aromatic rings. The predicted molar refractivity (Wildman–Crippen MR) is 68.5 cm³/mol. The van der Waals surface area contributed by atoms with Gasteiger partial charge in [0.2, 0.25) is 0 Å². The van der Waals surface area contributed by atoms with Gasteiger partial charge in [-0.15, -0.1) is 0 Å². The third-order valence-corrected chi connectivity index (χ3v) is 4.04. The van der Waals surface area contributed by atoms with Crippen molar-refractivity contribution in [3.63, 3.8) is 0 Å². The molecule has 1 saturated heterocycles. The minimum Gasteiger partial charge on any atom is -0.388 e. The number of ether oxygens (including phenoxy) is 2. The maximum absolute atomic E-state index is 10.8. The molecule has 6 atom stereocenters. The van der Waals surface area contributed by atoms with Gasteiger partial charge in [0.15, 0.2) is 6.29 Å². The third kappa shape index (κ3) is 4.92. The van der Waals surface area contributed by atoms with Gasteiger partial charge >= 0.3 is 0 Å². The molecule has 4 N–H and O–H groups in total. The summed E-state index contributed by atoms with van der Waals surface area (Å²) >= 11 is 0. The Morgan fingerprint density at radius 2 is 1.80 bits per heavy atom. The van der Waals surface area contributed by atoms with Crippen LogP contribution in [0.1, 0.15) is 20.3 Å². The van der Waals surface area contributed by atoms with Crippen molar-refractivity contribution in [1.29, 1.82) is 0 Å². The molecular weight excluding hydrogens is 292 g/mol. The second kappa shape index (κ2) is 7.12. The van der Waals surface area contributed by atoms with Crippen molar-refractivity contribution in [3.8, 4) is 0 Å². The van der Waals surface area contributed by atoms with Crippen LogP contribution in [-0.4, -0.2) is 71.4 Å². The van der Waals surface area contributed by atoms with E-state index < -0.39 is 46.6 Å². The molecule has 0 amide bonds. The van der Waals surface area contributed by atoms with E-state index in [2.05, 4.69) is 0 Å². The Kier molecular flexibility index (Phi) is 6.32. The maximum Gasteiger partial charge on any atom is 0.267 e. The molecule has 0 aromatic carbocycles. The first kappa shape index (κ1) is 17.8. The molecule has 1 rings (SSSR count). The highest BCUT2D eigenvalue weighted by Gasteiger charge is 2.45. The molecule has 0 bridgehead atoms. The molecule has 20 heavy (non-hydrogen) atoms. The Morgan fingerprint density at radius 3 is 2.30 bits per heavy atom. The van der Waals surface area contributed by atoms with Gasteiger partial charge in [-0.2, -0.15) is 8.42 Å². The molecule has 0 aromatic heterocycles. The zero-order valence-corrected chi connectivity index (χ0v) is 12.2. The first-order valence-corrected chi connectivity index (χ1v) is 8.03. The van der Waals surface area contributed by atoms with E-state index in [-0.39, 0.29) is 12.5 Å². The SMILES string of the molecule is CCC(C)COC1OC(CS(=O)(=O)O)[C@@H](O)[C@@H](O)C1O. The highest BCUT2D eigenvalue weighted by atomic mass is 32.2. The minimum atomic E-state index is -4.39. The molecule has 1 heterocycles. The van der Waals surface area contributed by atoms with Crippen molar-refractivity contribution in [1.82, 2.24) is 0 Å². The van der Waals surface area contributed by atoms with E-state index in [1.165, 1.54) is 0 Å². The molecule has 1 aliphatic heterocycles. The second-order valence-corrected chi connectivity index (χ2v) is 6.61. The third-order valence-electron chi connectivity index (χ3n) is 3.29. The maximum atomic E-state index is 10.8. The van der Waals surface area contributed by atoms with Crippen LogP contribution in [0.25, 0.3) is 0 Å². The normalized spacial score (nSPS) is 36.8. The summed E-state index contributed by atoms with van der Waals surface area (Å²) in [5.74, 6) is -0.698. The van der Waals surface area contributed by atoms with Gasteiger partial charge in [0, 0.05) is 0 Å². The van der Waals surface area contributed by atoms with Crippen LogP contribution in [0.4, 0.5) is 0 Å². The van der Waals surface area contributed by atoms with Crippen LogP contribution in [-0.2, 0) is 19.6 Å². The van der Waals surface area contributed by atoms with Gasteiger partial charge < -0.3 is 24.8 Å². The summed E-state index contributed by atoms with van der Waals surface area (Å²) in [6.07, 6.45) is -6.53. The van der Waals surface area contributed by atoms with Crippen molar-refractivity contribution in [2.24, 2.45) is 5.92 Å². The van der Waals surface area contributed by atoms with E-state index in [0.717, 1.165) is 6.42 Å². The fraction of sp³-hybridized carbons (Fsp3) is 1.00. The summed E-state index contributed by atoms with van der Waals surface area (Å²) in [6, 6.07) is 0. The Balaban J connectivity index is 2.70.